The number of amides is 1. The zero-order valence-electron chi connectivity index (χ0n) is 10.8. The molecule has 2 aliphatic rings. The molecule has 2 fully saturated rings. The van der Waals surface area contributed by atoms with Gasteiger partial charge in [0.05, 0.1) is 11.5 Å². The van der Waals surface area contributed by atoms with E-state index in [1.165, 1.54) is 0 Å². The van der Waals surface area contributed by atoms with E-state index < -0.39 is 11.6 Å². The lowest BCUT2D eigenvalue weighted by Crippen LogP contribution is -2.46. The quantitative estimate of drug-likeness (QED) is 0.767. The summed E-state index contributed by atoms with van der Waals surface area (Å²) in [5, 5.41) is 18.8. The third-order valence-corrected chi connectivity index (χ3v) is 4.28. The Morgan fingerprint density at radius 1 is 1.17 bits per heavy atom. The van der Waals surface area contributed by atoms with Crippen LogP contribution in [0, 0.1) is 11.8 Å². The van der Waals surface area contributed by atoms with Gasteiger partial charge in [-0.15, -0.1) is 0 Å². The van der Waals surface area contributed by atoms with Crippen LogP contribution >= 0.6 is 0 Å². The maximum atomic E-state index is 12.2. The van der Waals surface area contributed by atoms with Crippen molar-refractivity contribution in [3.63, 3.8) is 0 Å². The maximum absolute atomic E-state index is 12.2. The Morgan fingerprint density at radius 2 is 1.72 bits per heavy atom. The lowest BCUT2D eigenvalue weighted by Gasteiger charge is -2.37. The van der Waals surface area contributed by atoms with Crippen molar-refractivity contribution < 1.29 is 19.8 Å². The van der Waals surface area contributed by atoms with Gasteiger partial charge in [-0.25, -0.2) is 0 Å². The van der Waals surface area contributed by atoms with E-state index in [1.807, 2.05) is 0 Å². The fourth-order valence-corrected chi connectivity index (χ4v) is 2.90. The molecule has 102 valence electrons. The number of rotatable bonds is 2. The summed E-state index contributed by atoms with van der Waals surface area (Å²) in [5.41, 5.74) is -0.657. The molecule has 1 saturated carbocycles. The number of hydrogen-bond acceptors (Lipinski definition) is 3. The average molecular weight is 255 g/mol. The van der Waals surface area contributed by atoms with Gasteiger partial charge < -0.3 is 15.1 Å². The van der Waals surface area contributed by atoms with Gasteiger partial charge in [0.2, 0.25) is 5.91 Å². The first-order chi connectivity index (χ1) is 8.39. The van der Waals surface area contributed by atoms with E-state index in [1.54, 1.807) is 11.8 Å². The average Bonchev–Trinajstić information content (AvgIpc) is 2.77. The summed E-state index contributed by atoms with van der Waals surface area (Å²) in [4.78, 5) is 24.9. The normalized spacial score (nSPS) is 31.3. The smallest absolute Gasteiger partial charge is 0.306 e. The Labute approximate surface area is 107 Å². The maximum Gasteiger partial charge on any atom is 0.306 e. The van der Waals surface area contributed by atoms with Crippen molar-refractivity contribution in [3.8, 4) is 0 Å². The molecular weight excluding hydrogens is 234 g/mol. The van der Waals surface area contributed by atoms with Crippen LogP contribution in [0.3, 0.4) is 0 Å². The molecule has 2 N–H and O–H groups in total. The fourth-order valence-electron chi connectivity index (χ4n) is 2.90. The number of likely N-dealkylation sites (tertiary alicyclic amines) is 1. The molecule has 2 rings (SSSR count). The van der Waals surface area contributed by atoms with E-state index in [4.69, 9.17) is 5.11 Å². The predicted octanol–water partition coefficient (Wildman–Crippen LogP) is 0.861. The van der Waals surface area contributed by atoms with E-state index in [2.05, 4.69) is 0 Å². The van der Waals surface area contributed by atoms with Crippen LogP contribution in [-0.2, 0) is 9.59 Å². The molecule has 5 nitrogen and oxygen atoms in total. The van der Waals surface area contributed by atoms with Gasteiger partial charge in [-0.1, -0.05) is 0 Å². The summed E-state index contributed by atoms with van der Waals surface area (Å²) in [7, 11) is 0. The molecule has 0 aromatic carbocycles. The third-order valence-electron chi connectivity index (χ3n) is 4.28. The van der Waals surface area contributed by atoms with Crippen molar-refractivity contribution in [3.05, 3.63) is 0 Å². The highest BCUT2D eigenvalue weighted by molar-refractivity contribution is 5.81. The van der Waals surface area contributed by atoms with E-state index in [0.717, 1.165) is 0 Å². The van der Waals surface area contributed by atoms with Crippen LogP contribution in [0.2, 0.25) is 0 Å². The molecular formula is C13H21NO4. The fraction of sp³-hybridized carbons (Fsp3) is 0.846. The number of hydrogen-bond donors (Lipinski definition) is 2. The number of carboxylic acids is 1. The minimum atomic E-state index is -0.785. The Morgan fingerprint density at radius 3 is 2.22 bits per heavy atom. The van der Waals surface area contributed by atoms with Gasteiger partial charge in [0.15, 0.2) is 0 Å². The SMILES string of the molecule is CC1(O)CCN(C(=O)C2CCC(C(=O)O)C2)CC1. The standard InChI is InChI=1S/C13H21NO4/c1-13(18)4-6-14(7-5-13)11(15)9-2-3-10(8-9)12(16)17/h9-10,18H,2-8H2,1H3,(H,16,17). The van der Waals surface area contributed by atoms with Crippen LogP contribution in [0.1, 0.15) is 39.0 Å². The molecule has 1 amide bonds. The van der Waals surface area contributed by atoms with Gasteiger partial charge in [-0.3, -0.25) is 9.59 Å². The molecule has 0 aromatic rings. The largest absolute Gasteiger partial charge is 0.481 e. The summed E-state index contributed by atoms with van der Waals surface area (Å²) in [6.07, 6.45) is 2.97. The van der Waals surface area contributed by atoms with Gasteiger partial charge in [0, 0.05) is 19.0 Å². The second-order valence-electron chi connectivity index (χ2n) is 5.87. The molecule has 1 aliphatic carbocycles. The molecule has 5 heteroatoms. The van der Waals surface area contributed by atoms with Gasteiger partial charge in [0.25, 0.3) is 0 Å². The molecule has 18 heavy (non-hydrogen) atoms. The Bertz CT molecular complexity index is 343. The first kappa shape index (κ1) is 13.3. The van der Waals surface area contributed by atoms with Gasteiger partial charge in [-0.2, -0.15) is 0 Å². The number of piperidine rings is 1. The number of nitrogens with zero attached hydrogens (tertiary/aromatic N) is 1. The number of aliphatic hydroxyl groups is 1. The van der Waals surface area contributed by atoms with E-state index in [0.29, 0.717) is 45.2 Å². The second kappa shape index (κ2) is 4.88. The molecule has 0 radical (unpaired) electrons. The molecule has 0 aromatic heterocycles. The van der Waals surface area contributed by atoms with Crippen molar-refractivity contribution in [1.82, 2.24) is 4.90 Å². The van der Waals surface area contributed by atoms with Crippen LogP contribution in [-0.4, -0.2) is 45.7 Å². The number of carbonyl (C=O) groups is 2. The monoisotopic (exact) mass is 255 g/mol. The van der Waals surface area contributed by atoms with Gasteiger partial charge >= 0.3 is 5.97 Å². The zero-order valence-corrected chi connectivity index (χ0v) is 10.8. The zero-order chi connectivity index (χ0) is 13.3. The number of aliphatic carboxylic acids is 1. The topological polar surface area (TPSA) is 77.8 Å². The van der Waals surface area contributed by atoms with Gasteiger partial charge in [-0.05, 0) is 39.0 Å². The van der Waals surface area contributed by atoms with Crippen molar-refractivity contribution in [1.29, 1.82) is 0 Å². The minimum absolute atomic E-state index is 0.0780. The highest BCUT2D eigenvalue weighted by atomic mass is 16.4. The lowest BCUT2D eigenvalue weighted by atomic mass is 9.92. The van der Waals surface area contributed by atoms with Crippen molar-refractivity contribution in [2.75, 3.05) is 13.1 Å². The van der Waals surface area contributed by atoms with Crippen LogP contribution in [0.4, 0.5) is 0 Å². The first-order valence-electron chi connectivity index (χ1n) is 6.63. The first-order valence-corrected chi connectivity index (χ1v) is 6.63. The summed E-state index contributed by atoms with van der Waals surface area (Å²) < 4.78 is 0. The number of carbonyl (C=O) groups excluding carboxylic acids is 1. The molecule has 2 unspecified atom stereocenters. The molecule has 1 saturated heterocycles. The second-order valence-corrected chi connectivity index (χ2v) is 5.87. The highest BCUT2D eigenvalue weighted by Crippen LogP contribution is 2.33. The molecule has 2 atom stereocenters. The van der Waals surface area contributed by atoms with Crippen LogP contribution < -0.4 is 0 Å². The van der Waals surface area contributed by atoms with Gasteiger partial charge in [0.1, 0.15) is 0 Å². The molecule has 1 aliphatic heterocycles. The summed E-state index contributed by atoms with van der Waals surface area (Å²) in [6, 6.07) is 0. The third kappa shape index (κ3) is 2.83. The Hall–Kier alpha value is -1.10. The lowest BCUT2D eigenvalue weighted by molar-refractivity contribution is -0.142. The van der Waals surface area contributed by atoms with Crippen LogP contribution in [0.15, 0.2) is 0 Å². The Balaban J connectivity index is 1.88. The van der Waals surface area contributed by atoms with Crippen LogP contribution in [0.5, 0.6) is 0 Å². The molecule has 0 bridgehead atoms. The van der Waals surface area contributed by atoms with Crippen molar-refractivity contribution >= 4 is 11.9 Å². The van der Waals surface area contributed by atoms with Crippen molar-refractivity contribution in [2.24, 2.45) is 11.8 Å². The molecule has 0 spiro atoms. The predicted molar refractivity (Wildman–Crippen MR) is 64.9 cm³/mol. The minimum Gasteiger partial charge on any atom is -0.481 e. The Kier molecular flexibility index (Phi) is 3.61. The van der Waals surface area contributed by atoms with Crippen LogP contribution in [0.25, 0.3) is 0 Å². The summed E-state index contributed by atoms with van der Waals surface area (Å²) in [5.74, 6) is -1.19. The van der Waals surface area contributed by atoms with Crippen molar-refractivity contribution in [2.45, 2.75) is 44.6 Å². The summed E-state index contributed by atoms with van der Waals surface area (Å²) in [6.45, 7) is 2.96. The molecule has 1 heterocycles. The summed E-state index contributed by atoms with van der Waals surface area (Å²) >= 11 is 0. The van der Waals surface area contributed by atoms with E-state index in [9.17, 15) is 14.7 Å². The van der Waals surface area contributed by atoms with E-state index >= 15 is 0 Å². The highest BCUT2D eigenvalue weighted by Gasteiger charge is 2.38. The number of carboxylic acid groups (broad SMARTS) is 1. The van der Waals surface area contributed by atoms with E-state index in [-0.39, 0.29) is 17.7 Å².